The number of hydrogen-bond acceptors (Lipinski definition) is 4. The van der Waals surface area contributed by atoms with E-state index in [0.717, 1.165) is 0 Å². The highest BCUT2D eigenvalue weighted by atomic mass is 16.6. The van der Waals surface area contributed by atoms with Gasteiger partial charge in [-0.3, -0.25) is 14.9 Å². The molecule has 102 valence electrons. The first-order valence-corrected chi connectivity index (χ1v) is 6.23. The highest BCUT2D eigenvalue weighted by Crippen LogP contribution is 2.26. The average Bonchev–Trinajstić information content (AvgIpc) is 2.33. The van der Waals surface area contributed by atoms with E-state index in [0.29, 0.717) is 30.9 Å². The van der Waals surface area contributed by atoms with Crippen molar-refractivity contribution in [3.05, 3.63) is 39.9 Å². The van der Waals surface area contributed by atoms with Crippen LogP contribution in [0, 0.1) is 16.0 Å². The van der Waals surface area contributed by atoms with Crippen molar-refractivity contribution >= 4 is 11.6 Å². The minimum atomic E-state index is -0.481. The molecule has 1 aromatic carbocycles. The van der Waals surface area contributed by atoms with E-state index in [4.69, 9.17) is 5.11 Å². The summed E-state index contributed by atoms with van der Waals surface area (Å²) in [4.78, 5) is 22.0. The number of nitro benzene ring substituents is 1. The van der Waals surface area contributed by atoms with Crippen LogP contribution in [0.25, 0.3) is 0 Å². The van der Waals surface area contributed by atoms with E-state index in [1.54, 1.807) is 18.2 Å². The Morgan fingerprint density at radius 2 is 2.11 bits per heavy atom. The molecule has 0 spiro atoms. The molecule has 19 heavy (non-hydrogen) atoms. The molecule has 2 N–H and O–H groups in total. The fourth-order valence-corrected chi connectivity index (χ4v) is 2.20. The molecular formula is C13H16N2O4. The van der Waals surface area contributed by atoms with Gasteiger partial charge in [0, 0.05) is 18.2 Å². The Bertz CT molecular complexity index is 483. The van der Waals surface area contributed by atoms with E-state index in [1.165, 1.54) is 6.07 Å². The number of nitrogens with one attached hydrogen (secondary N) is 1. The van der Waals surface area contributed by atoms with Crippen LogP contribution in [0.15, 0.2) is 24.3 Å². The van der Waals surface area contributed by atoms with Crippen LogP contribution in [0.1, 0.15) is 18.4 Å². The summed E-state index contributed by atoms with van der Waals surface area (Å²) in [5.41, 5.74) is 0.385. The zero-order valence-electron chi connectivity index (χ0n) is 10.4. The molecule has 1 aromatic rings. The van der Waals surface area contributed by atoms with E-state index in [-0.39, 0.29) is 24.1 Å². The van der Waals surface area contributed by atoms with Gasteiger partial charge in [-0.05, 0) is 18.8 Å². The first-order valence-electron chi connectivity index (χ1n) is 6.23. The molecule has 0 atom stereocenters. The summed E-state index contributed by atoms with van der Waals surface area (Å²) in [6, 6.07) is 6.24. The summed E-state index contributed by atoms with van der Waals surface area (Å²) < 4.78 is 0. The SMILES string of the molecule is O=C(Cc1ccccc1[N+](=O)[O-])NCC1CC(O)C1. The van der Waals surface area contributed by atoms with Crippen molar-refractivity contribution < 1.29 is 14.8 Å². The molecule has 1 amide bonds. The number of carbonyl (C=O) groups excluding carboxylic acids is 1. The van der Waals surface area contributed by atoms with Crippen LogP contribution in [0.4, 0.5) is 5.69 Å². The summed E-state index contributed by atoms with van der Waals surface area (Å²) >= 11 is 0. The Kier molecular flexibility index (Phi) is 4.11. The lowest BCUT2D eigenvalue weighted by Gasteiger charge is -2.31. The van der Waals surface area contributed by atoms with E-state index in [9.17, 15) is 14.9 Å². The summed E-state index contributed by atoms with van der Waals surface area (Å²) in [6.07, 6.45) is 1.20. The molecule has 2 rings (SSSR count). The van der Waals surface area contributed by atoms with E-state index >= 15 is 0 Å². The molecule has 6 heteroatoms. The smallest absolute Gasteiger partial charge is 0.273 e. The maximum absolute atomic E-state index is 11.7. The maximum atomic E-state index is 11.7. The van der Waals surface area contributed by atoms with Gasteiger partial charge in [-0.15, -0.1) is 0 Å². The third-order valence-corrected chi connectivity index (χ3v) is 3.34. The number of nitrogens with zero attached hydrogens (tertiary/aromatic N) is 1. The monoisotopic (exact) mass is 264 g/mol. The molecule has 0 aromatic heterocycles. The zero-order valence-corrected chi connectivity index (χ0v) is 10.4. The van der Waals surface area contributed by atoms with Crippen LogP contribution < -0.4 is 5.32 Å². The highest BCUT2D eigenvalue weighted by Gasteiger charge is 2.27. The van der Waals surface area contributed by atoms with Gasteiger partial charge in [0.1, 0.15) is 0 Å². The third-order valence-electron chi connectivity index (χ3n) is 3.34. The number of aliphatic hydroxyl groups is 1. The predicted molar refractivity (Wildman–Crippen MR) is 68.5 cm³/mol. The number of carbonyl (C=O) groups is 1. The predicted octanol–water partition coefficient (Wildman–Crippen LogP) is 1.02. The van der Waals surface area contributed by atoms with Crippen LogP contribution in [0.5, 0.6) is 0 Å². The van der Waals surface area contributed by atoms with E-state index < -0.39 is 4.92 Å². The third kappa shape index (κ3) is 3.51. The number of aliphatic hydroxyl groups excluding tert-OH is 1. The first-order chi connectivity index (χ1) is 9.06. The largest absolute Gasteiger partial charge is 0.393 e. The second-order valence-corrected chi connectivity index (χ2v) is 4.86. The van der Waals surface area contributed by atoms with Crippen LogP contribution in [-0.4, -0.2) is 28.6 Å². The Balaban J connectivity index is 1.86. The van der Waals surface area contributed by atoms with Gasteiger partial charge >= 0.3 is 0 Å². The number of nitro groups is 1. The minimum Gasteiger partial charge on any atom is -0.393 e. The van der Waals surface area contributed by atoms with Crippen molar-refractivity contribution in [3.8, 4) is 0 Å². The van der Waals surface area contributed by atoms with Gasteiger partial charge in [0.25, 0.3) is 5.69 Å². The molecule has 0 radical (unpaired) electrons. The quantitative estimate of drug-likeness (QED) is 0.613. The van der Waals surface area contributed by atoms with Crippen molar-refractivity contribution in [2.24, 2.45) is 5.92 Å². The second-order valence-electron chi connectivity index (χ2n) is 4.86. The van der Waals surface area contributed by atoms with Crippen LogP contribution in [0.3, 0.4) is 0 Å². The number of rotatable bonds is 5. The molecule has 1 saturated carbocycles. The molecule has 0 heterocycles. The molecule has 0 aliphatic heterocycles. The lowest BCUT2D eigenvalue weighted by atomic mass is 9.82. The van der Waals surface area contributed by atoms with Crippen LogP contribution in [0.2, 0.25) is 0 Å². The Morgan fingerprint density at radius 3 is 2.74 bits per heavy atom. The topological polar surface area (TPSA) is 92.5 Å². The standard InChI is InChI=1S/C13H16N2O4/c16-11-5-9(6-11)8-14-13(17)7-10-3-1-2-4-12(10)15(18)19/h1-4,9,11,16H,5-8H2,(H,14,17). The number of benzene rings is 1. The summed E-state index contributed by atoms with van der Waals surface area (Å²) in [6.45, 7) is 0.524. The molecular weight excluding hydrogens is 248 g/mol. The highest BCUT2D eigenvalue weighted by molar-refractivity contribution is 5.79. The second kappa shape index (κ2) is 5.79. The van der Waals surface area contributed by atoms with E-state index in [2.05, 4.69) is 5.32 Å². The van der Waals surface area contributed by atoms with Gasteiger partial charge in [-0.1, -0.05) is 18.2 Å². The molecule has 1 aliphatic carbocycles. The van der Waals surface area contributed by atoms with Crippen molar-refractivity contribution in [2.75, 3.05) is 6.54 Å². The lowest BCUT2D eigenvalue weighted by molar-refractivity contribution is -0.385. The lowest BCUT2D eigenvalue weighted by Crippen LogP contribution is -2.38. The number of para-hydroxylation sites is 1. The normalized spacial score (nSPS) is 21.5. The number of amides is 1. The van der Waals surface area contributed by atoms with Crippen LogP contribution in [-0.2, 0) is 11.2 Å². The van der Waals surface area contributed by atoms with Gasteiger partial charge in [0.2, 0.25) is 5.91 Å². The van der Waals surface area contributed by atoms with E-state index in [1.807, 2.05) is 0 Å². The van der Waals surface area contributed by atoms with Crippen LogP contribution >= 0.6 is 0 Å². The average molecular weight is 264 g/mol. The first kappa shape index (κ1) is 13.5. The fraction of sp³-hybridized carbons (Fsp3) is 0.462. The fourth-order valence-electron chi connectivity index (χ4n) is 2.20. The minimum absolute atomic E-state index is 0.00638. The van der Waals surface area contributed by atoms with Gasteiger partial charge in [-0.2, -0.15) is 0 Å². The summed E-state index contributed by atoms with van der Waals surface area (Å²) in [5.74, 6) is 0.0976. The van der Waals surface area contributed by atoms with Crippen molar-refractivity contribution in [1.29, 1.82) is 0 Å². The summed E-state index contributed by atoms with van der Waals surface area (Å²) in [7, 11) is 0. The van der Waals surface area contributed by atoms with Crippen molar-refractivity contribution in [3.63, 3.8) is 0 Å². The van der Waals surface area contributed by atoms with Crippen molar-refractivity contribution in [1.82, 2.24) is 5.32 Å². The Morgan fingerprint density at radius 1 is 1.42 bits per heavy atom. The van der Waals surface area contributed by atoms with Crippen molar-refractivity contribution in [2.45, 2.75) is 25.4 Å². The van der Waals surface area contributed by atoms with Gasteiger partial charge < -0.3 is 10.4 Å². The van der Waals surface area contributed by atoms with Gasteiger partial charge in [-0.25, -0.2) is 0 Å². The Hall–Kier alpha value is -1.95. The molecule has 1 fully saturated rings. The molecule has 1 aliphatic rings. The molecule has 0 bridgehead atoms. The molecule has 0 unspecified atom stereocenters. The van der Waals surface area contributed by atoms with Gasteiger partial charge in [0.05, 0.1) is 17.4 Å². The zero-order chi connectivity index (χ0) is 13.8. The summed E-state index contributed by atoms with van der Waals surface area (Å²) in [5, 5.41) is 22.7. The maximum Gasteiger partial charge on any atom is 0.273 e. The molecule has 6 nitrogen and oxygen atoms in total. The molecule has 0 saturated heterocycles. The Labute approximate surface area is 110 Å². The van der Waals surface area contributed by atoms with Gasteiger partial charge in [0.15, 0.2) is 0 Å². The number of hydrogen-bond donors (Lipinski definition) is 2.